The molecule has 100 valence electrons. The SMILES string of the molecule is Nc1cccc(CNC(=O)c2cnc3[nH]ccc3c2)n1. The second-order valence-corrected chi connectivity index (χ2v) is 4.38. The minimum Gasteiger partial charge on any atom is -0.384 e. The van der Waals surface area contributed by atoms with Crippen LogP contribution in [0.4, 0.5) is 5.82 Å². The van der Waals surface area contributed by atoms with Gasteiger partial charge in [0.1, 0.15) is 11.5 Å². The lowest BCUT2D eigenvalue weighted by atomic mass is 10.2. The fourth-order valence-electron chi connectivity index (χ4n) is 1.93. The highest BCUT2D eigenvalue weighted by atomic mass is 16.1. The number of aromatic amines is 1. The van der Waals surface area contributed by atoms with E-state index in [0.717, 1.165) is 11.0 Å². The third-order valence-corrected chi connectivity index (χ3v) is 2.92. The van der Waals surface area contributed by atoms with E-state index in [9.17, 15) is 4.79 Å². The second kappa shape index (κ2) is 5.00. The molecule has 6 heteroatoms. The molecule has 0 spiro atoms. The first kappa shape index (κ1) is 12.2. The number of carbonyl (C=O) groups excluding carboxylic acids is 1. The summed E-state index contributed by atoms with van der Waals surface area (Å²) in [7, 11) is 0. The van der Waals surface area contributed by atoms with E-state index < -0.39 is 0 Å². The van der Waals surface area contributed by atoms with E-state index in [-0.39, 0.29) is 5.91 Å². The van der Waals surface area contributed by atoms with Crippen molar-refractivity contribution in [2.75, 3.05) is 5.73 Å². The number of carbonyl (C=O) groups is 1. The van der Waals surface area contributed by atoms with Crippen molar-refractivity contribution in [2.24, 2.45) is 0 Å². The van der Waals surface area contributed by atoms with E-state index in [4.69, 9.17) is 5.73 Å². The lowest BCUT2D eigenvalue weighted by molar-refractivity contribution is 0.0950. The summed E-state index contributed by atoms with van der Waals surface area (Å²) in [5.41, 5.74) is 7.58. The first-order valence-electron chi connectivity index (χ1n) is 6.15. The van der Waals surface area contributed by atoms with Crippen LogP contribution in [0.1, 0.15) is 16.1 Å². The molecule has 6 nitrogen and oxygen atoms in total. The van der Waals surface area contributed by atoms with Crippen molar-refractivity contribution in [1.29, 1.82) is 0 Å². The van der Waals surface area contributed by atoms with E-state index >= 15 is 0 Å². The standard InChI is InChI=1S/C14H13N5O/c15-12-3-1-2-11(19-12)8-18-14(20)10-6-9-4-5-16-13(9)17-7-10/h1-7H,8H2,(H2,15,19)(H,16,17)(H,18,20). The zero-order valence-corrected chi connectivity index (χ0v) is 10.6. The quantitative estimate of drug-likeness (QED) is 0.669. The number of nitrogens with two attached hydrogens (primary N) is 1. The highest BCUT2D eigenvalue weighted by molar-refractivity contribution is 5.96. The number of pyridine rings is 2. The summed E-state index contributed by atoms with van der Waals surface area (Å²) in [6, 6.07) is 8.98. The van der Waals surface area contributed by atoms with Crippen LogP contribution in [-0.2, 0) is 6.54 Å². The Morgan fingerprint density at radius 2 is 2.25 bits per heavy atom. The van der Waals surface area contributed by atoms with E-state index in [1.807, 2.05) is 12.1 Å². The molecule has 20 heavy (non-hydrogen) atoms. The second-order valence-electron chi connectivity index (χ2n) is 4.38. The van der Waals surface area contributed by atoms with Gasteiger partial charge in [0.25, 0.3) is 5.91 Å². The molecule has 0 radical (unpaired) electrons. The number of aromatic nitrogens is 3. The summed E-state index contributed by atoms with van der Waals surface area (Å²) >= 11 is 0. The number of hydrogen-bond acceptors (Lipinski definition) is 4. The summed E-state index contributed by atoms with van der Waals surface area (Å²) in [6.07, 6.45) is 3.33. The summed E-state index contributed by atoms with van der Waals surface area (Å²) in [4.78, 5) is 23.3. The molecule has 0 saturated heterocycles. The zero-order valence-electron chi connectivity index (χ0n) is 10.6. The Balaban J connectivity index is 1.72. The predicted octanol–water partition coefficient (Wildman–Crippen LogP) is 1.47. The van der Waals surface area contributed by atoms with Crippen molar-refractivity contribution in [2.45, 2.75) is 6.54 Å². The van der Waals surface area contributed by atoms with Gasteiger partial charge in [0.05, 0.1) is 17.8 Å². The van der Waals surface area contributed by atoms with Crippen LogP contribution in [0.25, 0.3) is 11.0 Å². The third kappa shape index (κ3) is 2.44. The average molecular weight is 267 g/mol. The molecule has 0 aliphatic rings. The molecule has 0 fully saturated rings. The van der Waals surface area contributed by atoms with Crippen molar-refractivity contribution >= 4 is 22.8 Å². The molecule has 0 unspecified atom stereocenters. The smallest absolute Gasteiger partial charge is 0.253 e. The Labute approximate surface area is 115 Å². The Morgan fingerprint density at radius 1 is 1.35 bits per heavy atom. The first-order valence-corrected chi connectivity index (χ1v) is 6.15. The number of nitrogens with one attached hydrogen (secondary N) is 2. The van der Waals surface area contributed by atoms with E-state index in [1.165, 1.54) is 0 Å². The molecular formula is C14H13N5O. The molecule has 3 heterocycles. The topological polar surface area (TPSA) is 96.7 Å². The Morgan fingerprint density at radius 3 is 3.10 bits per heavy atom. The number of anilines is 1. The molecule has 4 N–H and O–H groups in total. The number of nitrogen functional groups attached to an aromatic ring is 1. The van der Waals surface area contributed by atoms with E-state index in [1.54, 1.807) is 30.6 Å². The van der Waals surface area contributed by atoms with E-state index in [0.29, 0.717) is 23.6 Å². The van der Waals surface area contributed by atoms with Crippen molar-refractivity contribution in [1.82, 2.24) is 20.3 Å². The van der Waals surface area contributed by atoms with Gasteiger partial charge in [-0.2, -0.15) is 0 Å². The van der Waals surface area contributed by atoms with Crippen molar-refractivity contribution in [3.05, 3.63) is 54.0 Å². The van der Waals surface area contributed by atoms with Crippen LogP contribution in [0.5, 0.6) is 0 Å². The van der Waals surface area contributed by atoms with Gasteiger partial charge in [0.15, 0.2) is 0 Å². The van der Waals surface area contributed by atoms with Gasteiger partial charge in [0, 0.05) is 17.8 Å². The van der Waals surface area contributed by atoms with Crippen LogP contribution in [0, 0.1) is 0 Å². The predicted molar refractivity (Wildman–Crippen MR) is 75.9 cm³/mol. The molecular weight excluding hydrogens is 254 g/mol. The number of amides is 1. The van der Waals surface area contributed by atoms with Crippen LogP contribution in [0.15, 0.2) is 42.7 Å². The molecule has 3 aromatic heterocycles. The Hall–Kier alpha value is -2.89. The highest BCUT2D eigenvalue weighted by Crippen LogP contribution is 2.11. The minimum absolute atomic E-state index is 0.190. The fourth-order valence-corrected chi connectivity index (χ4v) is 1.93. The molecule has 0 saturated carbocycles. The minimum atomic E-state index is -0.190. The first-order chi connectivity index (χ1) is 9.72. The van der Waals surface area contributed by atoms with Gasteiger partial charge in [-0.05, 0) is 24.3 Å². The molecule has 3 aromatic rings. The summed E-state index contributed by atoms with van der Waals surface area (Å²) in [5, 5.41) is 3.69. The largest absolute Gasteiger partial charge is 0.384 e. The number of hydrogen-bond donors (Lipinski definition) is 3. The third-order valence-electron chi connectivity index (χ3n) is 2.92. The van der Waals surface area contributed by atoms with Gasteiger partial charge < -0.3 is 16.0 Å². The van der Waals surface area contributed by atoms with Crippen LogP contribution >= 0.6 is 0 Å². The summed E-state index contributed by atoms with van der Waals surface area (Å²) in [6.45, 7) is 0.328. The molecule has 0 aliphatic heterocycles. The van der Waals surface area contributed by atoms with Gasteiger partial charge in [-0.15, -0.1) is 0 Å². The highest BCUT2D eigenvalue weighted by Gasteiger charge is 2.07. The molecule has 0 aromatic carbocycles. The molecule has 0 bridgehead atoms. The fraction of sp³-hybridized carbons (Fsp3) is 0.0714. The van der Waals surface area contributed by atoms with Crippen LogP contribution in [-0.4, -0.2) is 20.9 Å². The van der Waals surface area contributed by atoms with Crippen molar-refractivity contribution < 1.29 is 4.79 Å². The normalized spacial score (nSPS) is 10.6. The Kier molecular flexibility index (Phi) is 3.04. The summed E-state index contributed by atoms with van der Waals surface area (Å²) in [5.74, 6) is 0.247. The van der Waals surface area contributed by atoms with Crippen LogP contribution < -0.4 is 11.1 Å². The molecule has 0 atom stereocenters. The maximum Gasteiger partial charge on any atom is 0.253 e. The molecule has 1 amide bonds. The summed E-state index contributed by atoms with van der Waals surface area (Å²) < 4.78 is 0. The van der Waals surface area contributed by atoms with Gasteiger partial charge in [-0.1, -0.05) is 6.07 Å². The van der Waals surface area contributed by atoms with Gasteiger partial charge >= 0.3 is 0 Å². The number of rotatable bonds is 3. The molecule has 3 rings (SSSR count). The van der Waals surface area contributed by atoms with Gasteiger partial charge in [-0.25, -0.2) is 9.97 Å². The zero-order chi connectivity index (χ0) is 13.9. The number of nitrogens with zero attached hydrogens (tertiary/aromatic N) is 2. The van der Waals surface area contributed by atoms with Crippen LogP contribution in [0.3, 0.4) is 0 Å². The van der Waals surface area contributed by atoms with Crippen LogP contribution in [0.2, 0.25) is 0 Å². The maximum absolute atomic E-state index is 12.0. The maximum atomic E-state index is 12.0. The Bertz CT molecular complexity index is 765. The average Bonchev–Trinajstić information content (AvgIpc) is 2.92. The van der Waals surface area contributed by atoms with Crippen molar-refractivity contribution in [3.63, 3.8) is 0 Å². The lowest BCUT2D eigenvalue weighted by Crippen LogP contribution is -2.23. The van der Waals surface area contributed by atoms with Gasteiger partial charge in [-0.3, -0.25) is 4.79 Å². The van der Waals surface area contributed by atoms with E-state index in [2.05, 4.69) is 20.3 Å². The van der Waals surface area contributed by atoms with Gasteiger partial charge in [0.2, 0.25) is 0 Å². The number of H-pyrrole nitrogens is 1. The van der Waals surface area contributed by atoms with Crippen molar-refractivity contribution in [3.8, 4) is 0 Å². The monoisotopic (exact) mass is 267 g/mol. The lowest BCUT2D eigenvalue weighted by Gasteiger charge is -2.05. The molecule has 0 aliphatic carbocycles. The number of fused-ring (bicyclic) bond motifs is 1.